The highest BCUT2D eigenvalue weighted by atomic mass is 32.2. The van der Waals surface area contributed by atoms with Crippen LogP contribution in [0.5, 0.6) is 5.75 Å². The number of H-pyrrole nitrogens is 1. The van der Waals surface area contributed by atoms with E-state index in [1.54, 1.807) is 36.9 Å². The van der Waals surface area contributed by atoms with Crippen LogP contribution in [0.4, 0.5) is 0 Å². The Morgan fingerprint density at radius 2 is 2.00 bits per heavy atom. The van der Waals surface area contributed by atoms with Crippen molar-refractivity contribution in [3.63, 3.8) is 0 Å². The smallest absolute Gasteiger partial charge is 0.276 e. The number of nitrogens with one attached hydrogen (secondary N) is 1. The molecule has 1 aromatic heterocycles. The Kier molecular flexibility index (Phi) is 4.72. The normalized spacial score (nSPS) is 17.9. The van der Waals surface area contributed by atoms with Gasteiger partial charge in [-0.15, -0.1) is 0 Å². The minimum atomic E-state index is -3.78. The van der Waals surface area contributed by atoms with E-state index in [1.807, 2.05) is 0 Å². The third kappa shape index (κ3) is 3.17. The lowest BCUT2D eigenvalue weighted by molar-refractivity contribution is 0.0489. The van der Waals surface area contributed by atoms with Crippen molar-refractivity contribution in [2.24, 2.45) is 0 Å². The van der Waals surface area contributed by atoms with Crippen molar-refractivity contribution in [1.29, 1.82) is 0 Å². The third-order valence-electron chi connectivity index (χ3n) is 4.38. The molecule has 2 heterocycles. The van der Waals surface area contributed by atoms with E-state index in [0.29, 0.717) is 5.75 Å². The highest BCUT2D eigenvalue weighted by Gasteiger charge is 2.43. The van der Waals surface area contributed by atoms with Crippen LogP contribution in [0.1, 0.15) is 24.3 Å². The summed E-state index contributed by atoms with van der Waals surface area (Å²) in [6.07, 6.45) is 1.35. The van der Waals surface area contributed by atoms with Crippen LogP contribution < -0.4 is 4.74 Å². The number of carbonyl (C=O) groups is 1. The van der Waals surface area contributed by atoms with E-state index in [0.717, 1.165) is 0 Å². The molecule has 0 saturated carbocycles. The number of nitrogens with zero attached hydrogens (tertiary/aromatic N) is 4. The summed E-state index contributed by atoms with van der Waals surface area (Å²) < 4.78 is 33.0. The van der Waals surface area contributed by atoms with E-state index in [-0.39, 0.29) is 36.1 Å². The van der Waals surface area contributed by atoms with Gasteiger partial charge in [-0.1, -0.05) is 12.1 Å². The molecule has 1 amide bonds. The highest BCUT2D eigenvalue weighted by molar-refractivity contribution is 7.89. The number of aromatic amines is 1. The number of para-hydroxylation sites is 1. The predicted molar refractivity (Wildman–Crippen MR) is 93.3 cm³/mol. The van der Waals surface area contributed by atoms with E-state index >= 15 is 0 Å². The van der Waals surface area contributed by atoms with Crippen molar-refractivity contribution in [2.75, 3.05) is 26.7 Å². The fourth-order valence-corrected chi connectivity index (χ4v) is 5.10. The number of amides is 1. The first-order chi connectivity index (χ1) is 12.3. The van der Waals surface area contributed by atoms with Crippen LogP contribution in [0.15, 0.2) is 35.4 Å². The van der Waals surface area contributed by atoms with Crippen LogP contribution in [0.3, 0.4) is 0 Å². The Hall–Kier alpha value is -2.46. The van der Waals surface area contributed by atoms with Crippen LogP contribution in [-0.2, 0) is 10.0 Å². The molecule has 1 aliphatic rings. The molecule has 0 radical (unpaired) electrons. The molecule has 140 valence electrons. The number of methoxy groups -OCH3 is 1. The first kappa shape index (κ1) is 18.3. The van der Waals surface area contributed by atoms with Gasteiger partial charge in [-0.05, 0) is 26.0 Å². The number of rotatable bonds is 4. The Bertz CT molecular complexity index is 895. The molecule has 0 atom stereocenters. The topological polar surface area (TPSA) is 108 Å². The Labute approximate surface area is 152 Å². The average molecular weight is 379 g/mol. The SMILES string of the molecule is COc1ccccc1S(=O)(=O)N1CCN(C(=O)c2cn[nH]n2)CC1(C)C. The second kappa shape index (κ2) is 6.69. The van der Waals surface area contributed by atoms with Gasteiger partial charge in [0.15, 0.2) is 5.69 Å². The molecular weight excluding hydrogens is 358 g/mol. The largest absolute Gasteiger partial charge is 0.495 e. The highest BCUT2D eigenvalue weighted by Crippen LogP contribution is 2.33. The summed E-state index contributed by atoms with van der Waals surface area (Å²) in [7, 11) is -2.34. The van der Waals surface area contributed by atoms with Crippen LogP contribution in [0.25, 0.3) is 0 Å². The third-order valence-corrected chi connectivity index (χ3v) is 6.53. The van der Waals surface area contributed by atoms with Gasteiger partial charge in [-0.3, -0.25) is 4.79 Å². The van der Waals surface area contributed by atoms with E-state index in [1.165, 1.54) is 23.7 Å². The number of hydrogen-bond acceptors (Lipinski definition) is 6. The summed E-state index contributed by atoms with van der Waals surface area (Å²) in [5.41, 5.74) is -0.584. The van der Waals surface area contributed by atoms with Crippen molar-refractivity contribution in [2.45, 2.75) is 24.3 Å². The van der Waals surface area contributed by atoms with Gasteiger partial charge < -0.3 is 9.64 Å². The van der Waals surface area contributed by atoms with Gasteiger partial charge in [0.1, 0.15) is 10.6 Å². The standard InChI is InChI=1S/C16H21N5O4S/c1-16(2)11-20(15(22)12-10-17-19-18-12)8-9-21(16)26(23,24)14-7-5-4-6-13(14)25-3/h4-7,10H,8-9,11H2,1-3H3,(H,17,18,19). The number of sulfonamides is 1. The maximum Gasteiger partial charge on any atom is 0.276 e. The van der Waals surface area contributed by atoms with Gasteiger partial charge in [0.25, 0.3) is 5.91 Å². The molecule has 10 heteroatoms. The molecule has 1 fully saturated rings. The second-order valence-electron chi connectivity index (χ2n) is 6.62. The Balaban J connectivity index is 1.87. The number of ether oxygens (including phenoxy) is 1. The van der Waals surface area contributed by atoms with Gasteiger partial charge in [-0.25, -0.2) is 8.42 Å². The van der Waals surface area contributed by atoms with Gasteiger partial charge in [0.2, 0.25) is 10.0 Å². The predicted octanol–water partition coefficient (Wildman–Crippen LogP) is 0.739. The zero-order valence-electron chi connectivity index (χ0n) is 14.8. The summed E-state index contributed by atoms with van der Waals surface area (Å²) >= 11 is 0. The minimum Gasteiger partial charge on any atom is -0.495 e. The van der Waals surface area contributed by atoms with Gasteiger partial charge in [0, 0.05) is 25.2 Å². The molecule has 9 nitrogen and oxygen atoms in total. The first-order valence-corrected chi connectivity index (χ1v) is 9.52. The van der Waals surface area contributed by atoms with Crippen molar-refractivity contribution in [3.8, 4) is 5.75 Å². The molecule has 26 heavy (non-hydrogen) atoms. The van der Waals surface area contributed by atoms with Gasteiger partial charge >= 0.3 is 0 Å². The number of aromatic nitrogens is 3. The van der Waals surface area contributed by atoms with Crippen molar-refractivity contribution in [3.05, 3.63) is 36.2 Å². The molecule has 3 rings (SSSR count). The maximum absolute atomic E-state index is 13.2. The molecule has 2 aromatic rings. The molecule has 0 aliphatic carbocycles. The monoisotopic (exact) mass is 379 g/mol. The Morgan fingerprint density at radius 3 is 2.62 bits per heavy atom. The Morgan fingerprint density at radius 1 is 1.27 bits per heavy atom. The number of carbonyl (C=O) groups excluding carboxylic acids is 1. The van der Waals surface area contributed by atoms with Crippen LogP contribution in [-0.4, -0.2) is 71.2 Å². The second-order valence-corrected chi connectivity index (χ2v) is 8.45. The van der Waals surface area contributed by atoms with Crippen LogP contribution in [0.2, 0.25) is 0 Å². The molecule has 1 saturated heterocycles. The number of benzene rings is 1. The molecular formula is C16H21N5O4S. The number of piperazine rings is 1. The fraction of sp³-hybridized carbons (Fsp3) is 0.438. The lowest BCUT2D eigenvalue weighted by atomic mass is 10.0. The van der Waals surface area contributed by atoms with E-state index < -0.39 is 15.6 Å². The van der Waals surface area contributed by atoms with E-state index in [2.05, 4.69) is 15.4 Å². The van der Waals surface area contributed by atoms with Crippen molar-refractivity contribution in [1.82, 2.24) is 24.6 Å². The molecule has 1 N–H and O–H groups in total. The van der Waals surface area contributed by atoms with E-state index in [4.69, 9.17) is 4.74 Å². The first-order valence-electron chi connectivity index (χ1n) is 8.08. The van der Waals surface area contributed by atoms with Crippen molar-refractivity contribution < 1.29 is 17.9 Å². The summed E-state index contributed by atoms with van der Waals surface area (Å²) in [5, 5.41) is 9.86. The fourth-order valence-electron chi connectivity index (χ4n) is 3.18. The zero-order chi connectivity index (χ0) is 18.9. The molecule has 1 aliphatic heterocycles. The zero-order valence-corrected chi connectivity index (χ0v) is 15.7. The van der Waals surface area contributed by atoms with Crippen LogP contribution >= 0.6 is 0 Å². The summed E-state index contributed by atoms with van der Waals surface area (Å²) in [5.74, 6) is 0.0190. The van der Waals surface area contributed by atoms with Gasteiger partial charge in [-0.2, -0.15) is 19.7 Å². The molecule has 0 unspecified atom stereocenters. The minimum absolute atomic E-state index is 0.117. The number of hydrogen-bond donors (Lipinski definition) is 1. The molecule has 0 bridgehead atoms. The molecule has 0 spiro atoms. The molecule has 1 aromatic carbocycles. The lowest BCUT2D eigenvalue weighted by Crippen LogP contribution is -2.61. The quantitative estimate of drug-likeness (QED) is 0.839. The van der Waals surface area contributed by atoms with E-state index in [9.17, 15) is 13.2 Å². The maximum atomic E-state index is 13.2. The summed E-state index contributed by atoms with van der Waals surface area (Å²) in [4.78, 5) is 14.2. The van der Waals surface area contributed by atoms with Gasteiger partial charge in [0.05, 0.1) is 13.3 Å². The summed E-state index contributed by atoms with van der Waals surface area (Å²) in [6, 6.07) is 6.52. The van der Waals surface area contributed by atoms with Crippen molar-refractivity contribution >= 4 is 15.9 Å². The summed E-state index contributed by atoms with van der Waals surface area (Å²) in [6.45, 7) is 4.28. The lowest BCUT2D eigenvalue weighted by Gasteiger charge is -2.45. The average Bonchev–Trinajstić information content (AvgIpc) is 3.14. The van der Waals surface area contributed by atoms with Crippen LogP contribution in [0, 0.1) is 0 Å².